The normalized spacial score (nSPS) is 14.4. The topological polar surface area (TPSA) is 36.5 Å². The molecular weight excluding hydrogens is 355 g/mol. The number of nitrogens with zero attached hydrogens (tertiary/aromatic N) is 1. The van der Waals surface area contributed by atoms with E-state index in [1.54, 1.807) is 24.4 Å². The molecule has 1 aliphatic rings. The molecule has 1 heterocycles. The summed E-state index contributed by atoms with van der Waals surface area (Å²) in [7, 11) is 0. The van der Waals surface area contributed by atoms with E-state index in [-0.39, 0.29) is 6.61 Å². The summed E-state index contributed by atoms with van der Waals surface area (Å²) in [5.74, 6) is 0. The number of alkyl halides is 3. The van der Waals surface area contributed by atoms with Crippen molar-refractivity contribution >= 4 is 23.0 Å². The third-order valence-electron chi connectivity index (χ3n) is 3.43. The summed E-state index contributed by atoms with van der Waals surface area (Å²) in [4.78, 5) is 0. The van der Waals surface area contributed by atoms with E-state index in [0.29, 0.717) is 10.6 Å². The Bertz CT molecular complexity index is 765. The number of nitrogens with one attached hydrogen (secondary N) is 2. The maximum absolute atomic E-state index is 12.2. The molecule has 0 bridgehead atoms. The quantitative estimate of drug-likeness (QED) is 0.826. The van der Waals surface area contributed by atoms with Gasteiger partial charge >= 0.3 is 6.18 Å². The largest absolute Gasteiger partial charge is 0.411 e. The molecule has 0 atom stereocenters. The van der Waals surface area contributed by atoms with E-state index in [2.05, 4.69) is 11.0 Å². The first-order chi connectivity index (χ1) is 11.9. The van der Waals surface area contributed by atoms with Gasteiger partial charge in [0, 0.05) is 16.8 Å². The lowest BCUT2D eigenvalue weighted by Crippen LogP contribution is -2.36. The van der Waals surface area contributed by atoms with Crippen molar-refractivity contribution in [1.82, 2.24) is 11.0 Å². The van der Waals surface area contributed by atoms with Crippen LogP contribution in [0.3, 0.4) is 0 Å². The van der Waals surface area contributed by atoms with Gasteiger partial charge in [-0.25, -0.2) is 0 Å². The van der Waals surface area contributed by atoms with Crippen LogP contribution in [0.25, 0.3) is 5.70 Å². The third-order valence-corrected chi connectivity index (χ3v) is 3.65. The van der Waals surface area contributed by atoms with Gasteiger partial charge in [0.1, 0.15) is 6.61 Å². The SMILES string of the molecule is FC(F)(F)COCc1cc(Cl)cc(C2=CNNN2c2ccccc2)c1. The lowest BCUT2D eigenvalue weighted by molar-refractivity contribution is -0.176. The first kappa shape index (κ1) is 17.6. The summed E-state index contributed by atoms with van der Waals surface area (Å²) in [6.07, 6.45) is -2.60. The Balaban J connectivity index is 1.80. The molecule has 0 saturated heterocycles. The first-order valence-electron chi connectivity index (χ1n) is 7.43. The second kappa shape index (κ2) is 7.35. The summed E-state index contributed by atoms with van der Waals surface area (Å²) >= 11 is 6.13. The Labute approximate surface area is 147 Å². The minimum Gasteiger partial charge on any atom is -0.367 e. The molecule has 2 N–H and O–H groups in total. The van der Waals surface area contributed by atoms with Crippen LogP contribution >= 0.6 is 11.6 Å². The Hall–Kier alpha value is -2.22. The van der Waals surface area contributed by atoms with Gasteiger partial charge in [0.05, 0.1) is 18.0 Å². The molecule has 25 heavy (non-hydrogen) atoms. The lowest BCUT2D eigenvalue weighted by atomic mass is 10.1. The van der Waals surface area contributed by atoms with Crippen molar-refractivity contribution in [3.05, 3.63) is 70.9 Å². The van der Waals surface area contributed by atoms with Gasteiger partial charge in [-0.05, 0) is 35.9 Å². The number of ether oxygens (including phenoxy) is 1. The van der Waals surface area contributed by atoms with Crippen LogP contribution in [0.1, 0.15) is 11.1 Å². The zero-order chi connectivity index (χ0) is 17.9. The highest BCUT2D eigenvalue weighted by atomic mass is 35.5. The standard InChI is InChI=1S/C17H15ClF3N3O/c18-14-7-12(10-25-11-17(19,20)21)6-13(8-14)16-9-22-23-24(16)15-4-2-1-3-5-15/h1-9,22-23H,10-11H2. The second-order valence-corrected chi connectivity index (χ2v) is 5.85. The molecule has 2 aromatic rings. The van der Waals surface area contributed by atoms with Crippen molar-refractivity contribution in [3.63, 3.8) is 0 Å². The Morgan fingerprint density at radius 2 is 1.84 bits per heavy atom. The Kier molecular flexibility index (Phi) is 5.17. The van der Waals surface area contributed by atoms with E-state index in [1.807, 2.05) is 35.3 Å². The highest BCUT2D eigenvalue weighted by Gasteiger charge is 2.27. The zero-order valence-electron chi connectivity index (χ0n) is 13.0. The number of hydrogen-bond donors (Lipinski definition) is 2. The molecular formula is C17H15ClF3N3O. The molecule has 0 radical (unpaired) electrons. The Morgan fingerprint density at radius 1 is 1.08 bits per heavy atom. The van der Waals surface area contributed by atoms with E-state index in [0.717, 1.165) is 16.9 Å². The first-order valence-corrected chi connectivity index (χ1v) is 7.81. The van der Waals surface area contributed by atoms with Crippen LogP contribution < -0.4 is 16.0 Å². The van der Waals surface area contributed by atoms with Crippen LogP contribution in [0, 0.1) is 0 Å². The van der Waals surface area contributed by atoms with Gasteiger partial charge in [-0.15, -0.1) is 5.53 Å². The fraction of sp³-hybridized carbons (Fsp3) is 0.176. The summed E-state index contributed by atoms with van der Waals surface area (Å²) in [6.45, 7) is -1.47. The monoisotopic (exact) mass is 369 g/mol. The van der Waals surface area contributed by atoms with E-state index < -0.39 is 12.8 Å². The van der Waals surface area contributed by atoms with E-state index in [1.165, 1.54) is 0 Å². The molecule has 0 aliphatic carbocycles. The highest BCUT2D eigenvalue weighted by Crippen LogP contribution is 2.29. The lowest BCUT2D eigenvalue weighted by Gasteiger charge is -2.22. The number of hydrogen-bond acceptors (Lipinski definition) is 4. The van der Waals surface area contributed by atoms with Gasteiger partial charge in [0.25, 0.3) is 0 Å². The fourth-order valence-corrected chi connectivity index (χ4v) is 2.71. The Morgan fingerprint density at radius 3 is 2.56 bits per heavy atom. The summed E-state index contributed by atoms with van der Waals surface area (Å²) in [5, 5.41) is 2.23. The second-order valence-electron chi connectivity index (χ2n) is 5.41. The molecule has 2 aromatic carbocycles. The minimum atomic E-state index is -4.35. The molecule has 0 aromatic heterocycles. The smallest absolute Gasteiger partial charge is 0.367 e. The molecule has 0 amide bonds. The number of halogens is 4. The molecule has 0 saturated carbocycles. The molecule has 0 spiro atoms. The predicted molar refractivity (Wildman–Crippen MR) is 90.3 cm³/mol. The maximum atomic E-state index is 12.2. The van der Waals surface area contributed by atoms with E-state index >= 15 is 0 Å². The number of para-hydroxylation sites is 1. The summed E-state index contributed by atoms with van der Waals surface area (Å²) in [5.41, 5.74) is 8.90. The zero-order valence-corrected chi connectivity index (χ0v) is 13.7. The number of anilines is 1. The summed E-state index contributed by atoms with van der Waals surface area (Å²) in [6, 6.07) is 14.6. The van der Waals surface area contributed by atoms with Gasteiger partial charge in [0.15, 0.2) is 0 Å². The average molecular weight is 370 g/mol. The minimum absolute atomic E-state index is 0.174. The molecule has 4 nitrogen and oxygen atoms in total. The van der Waals surface area contributed by atoms with E-state index in [4.69, 9.17) is 16.3 Å². The van der Waals surface area contributed by atoms with Gasteiger partial charge in [0.2, 0.25) is 0 Å². The molecule has 132 valence electrons. The van der Waals surface area contributed by atoms with Crippen LogP contribution in [0.4, 0.5) is 18.9 Å². The van der Waals surface area contributed by atoms with Gasteiger partial charge < -0.3 is 10.2 Å². The molecule has 0 unspecified atom stereocenters. The molecule has 3 rings (SSSR count). The number of hydrazine groups is 2. The van der Waals surface area contributed by atoms with Crippen molar-refractivity contribution in [2.45, 2.75) is 12.8 Å². The van der Waals surface area contributed by atoms with Gasteiger partial charge in [-0.2, -0.15) is 13.2 Å². The van der Waals surface area contributed by atoms with Crippen molar-refractivity contribution < 1.29 is 17.9 Å². The average Bonchev–Trinajstić information content (AvgIpc) is 3.03. The van der Waals surface area contributed by atoms with Crippen LogP contribution in [0.2, 0.25) is 5.02 Å². The maximum Gasteiger partial charge on any atom is 0.411 e. The summed E-state index contributed by atoms with van der Waals surface area (Å²) < 4.78 is 41.4. The number of benzene rings is 2. The molecule has 0 fully saturated rings. The predicted octanol–water partition coefficient (Wildman–Crippen LogP) is 4.25. The van der Waals surface area contributed by atoms with Crippen molar-refractivity contribution in [2.24, 2.45) is 0 Å². The van der Waals surface area contributed by atoms with Gasteiger partial charge in [-0.1, -0.05) is 29.8 Å². The van der Waals surface area contributed by atoms with Crippen molar-refractivity contribution in [1.29, 1.82) is 0 Å². The van der Waals surface area contributed by atoms with Crippen molar-refractivity contribution in [3.8, 4) is 0 Å². The van der Waals surface area contributed by atoms with Crippen molar-refractivity contribution in [2.75, 3.05) is 11.6 Å². The van der Waals surface area contributed by atoms with Crippen LogP contribution in [-0.4, -0.2) is 12.8 Å². The fourth-order valence-electron chi connectivity index (χ4n) is 2.45. The van der Waals surface area contributed by atoms with Crippen LogP contribution in [0.5, 0.6) is 0 Å². The number of rotatable bonds is 5. The van der Waals surface area contributed by atoms with Gasteiger partial charge in [-0.3, -0.25) is 5.01 Å². The van der Waals surface area contributed by atoms with Crippen LogP contribution in [-0.2, 0) is 11.3 Å². The molecule has 8 heteroatoms. The highest BCUT2D eigenvalue weighted by molar-refractivity contribution is 6.30. The molecule has 1 aliphatic heterocycles. The van der Waals surface area contributed by atoms with E-state index in [9.17, 15) is 13.2 Å². The third kappa shape index (κ3) is 4.66. The van der Waals surface area contributed by atoms with Crippen LogP contribution in [0.15, 0.2) is 54.7 Å².